The van der Waals surface area contributed by atoms with Gasteiger partial charge in [0.05, 0.1) is 6.54 Å². The second kappa shape index (κ2) is 10.8. The number of carbonyl (C=O) groups is 2. The Labute approximate surface area is 174 Å². The highest BCUT2D eigenvalue weighted by Crippen LogP contribution is 2.14. The zero-order valence-corrected chi connectivity index (χ0v) is 18.4. The molecular weight excluding hydrogens is 364 g/mol. The maximum atomic E-state index is 13.2. The van der Waals surface area contributed by atoms with Crippen LogP contribution >= 0.6 is 0 Å². The van der Waals surface area contributed by atoms with E-state index in [-0.39, 0.29) is 30.3 Å². The molecule has 2 amide bonds. The third-order valence-corrected chi connectivity index (χ3v) is 5.21. The Morgan fingerprint density at radius 2 is 1.72 bits per heavy atom. The lowest BCUT2D eigenvalue weighted by Gasteiger charge is -2.32. The van der Waals surface area contributed by atoms with Crippen molar-refractivity contribution in [1.29, 1.82) is 0 Å². The molecule has 2 rings (SSSR count). The largest absolute Gasteiger partial charge is 0.464 e. The van der Waals surface area contributed by atoms with Crippen LogP contribution in [0.15, 0.2) is 46.9 Å². The summed E-state index contributed by atoms with van der Waals surface area (Å²) in [6.45, 7) is 10.8. The minimum absolute atomic E-state index is 0.0181. The third-order valence-electron chi connectivity index (χ3n) is 5.21. The molecule has 1 atom stereocenters. The molecule has 0 saturated heterocycles. The Hall–Kier alpha value is -2.56. The van der Waals surface area contributed by atoms with Gasteiger partial charge in [-0.1, -0.05) is 51.1 Å². The Bertz CT molecular complexity index is 782. The molecule has 0 bridgehead atoms. The first-order valence-corrected chi connectivity index (χ1v) is 10.5. The van der Waals surface area contributed by atoms with Crippen LogP contribution < -0.4 is 0 Å². The summed E-state index contributed by atoms with van der Waals surface area (Å²) in [5, 5.41) is 0. The molecule has 0 aliphatic carbocycles. The van der Waals surface area contributed by atoms with E-state index < -0.39 is 0 Å². The van der Waals surface area contributed by atoms with Crippen molar-refractivity contribution in [3.63, 3.8) is 0 Å². The van der Waals surface area contributed by atoms with Crippen LogP contribution in [0.3, 0.4) is 0 Å². The second-order valence-electron chi connectivity index (χ2n) is 7.94. The fourth-order valence-electron chi connectivity index (χ4n) is 3.21. The lowest BCUT2D eigenvalue weighted by molar-refractivity contribution is -0.144. The maximum Gasteiger partial charge on any atom is 0.242 e. The molecule has 5 nitrogen and oxygen atoms in total. The number of nitrogens with zero attached hydrogens (tertiary/aromatic N) is 2. The van der Waals surface area contributed by atoms with Gasteiger partial charge in [0, 0.05) is 18.5 Å². The molecule has 1 aromatic carbocycles. The van der Waals surface area contributed by atoms with Crippen LogP contribution in [0.5, 0.6) is 0 Å². The van der Waals surface area contributed by atoms with E-state index in [9.17, 15) is 9.59 Å². The molecule has 0 aliphatic rings. The van der Waals surface area contributed by atoms with E-state index in [1.807, 2.05) is 65.0 Å². The smallest absolute Gasteiger partial charge is 0.242 e. The van der Waals surface area contributed by atoms with Crippen molar-refractivity contribution in [2.24, 2.45) is 5.92 Å². The lowest BCUT2D eigenvalue weighted by atomic mass is 10.1. The van der Waals surface area contributed by atoms with Crippen LogP contribution in [-0.4, -0.2) is 40.7 Å². The minimum Gasteiger partial charge on any atom is -0.464 e. The van der Waals surface area contributed by atoms with Gasteiger partial charge in [0.25, 0.3) is 0 Å². The number of rotatable bonds is 10. The van der Waals surface area contributed by atoms with E-state index in [0.29, 0.717) is 13.1 Å². The molecule has 0 spiro atoms. The number of amides is 2. The molecule has 0 fully saturated rings. The van der Waals surface area contributed by atoms with Crippen LogP contribution in [0.2, 0.25) is 0 Å². The Morgan fingerprint density at radius 1 is 1.03 bits per heavy atom. The van der Waals surface area contributed by atoms with Gasteiger partial charge < -0.3 is 14.2 Å². The predicted molar refractivity (Wildman–Crippen MR) is 115 cm³/mol. The molecule has 0 radical (unpaired) electrons. The van der Waals surface area contributed by atoms with Crippen LogP contribution in [0.4, 0.5) is 0 Å². The highest BCUT2D eigenvalue weighted by Gasteiger charge is 2.26. The fraction of sp³-hybridized carbons (Fsp3) is 0.500. The summed E-state index contributed by atoms with van der Waals surface area (Å²) in [4.78, 5) is 29.4. The molecule has 29 heavy (non-hydrogen) atoms. The minimum atomic E-state index is -0.137. The monoisotopic (exact) mass is 398 g/mol. The molecule has 0 N–H and O–H groups in total. The first kappa shape index (κ1) is 22.7. The molecule has 2 aromatic rings. The van der Waals surface area contributed by atoms with E-state index in [1.165, 1.54) is 5.56 Å². The molecule has 1 heterocycles. The van der Waals surface area contributed by atoms with E-state index in [2.05, 4.69) is 12.1 Å². The topological polar surface area (TPSA) is 53.8 Å². The van der Waals surface area contributed by atoms with Crippen LogP contribution in [0.1, 0.15) is 51.2 Å². The summed E-state index contributed by atoms with van der Waals surface area (Å²) < 4.78 is 5.70. The number of hydrogen-bond acceptors (Lipinski definition) is 3. The molecule has 158 valence electrons. The molecule has 0 saturated carbocycles. The predicted octanol–water partition coefficient (Wildman–Crippen LogP) is 4.44. The van der Waals surface area contributed by atoms with E-state index in [0.717, 1.165) is 24.4 Å². The van der Waals surface area contributed by atoms with Crippen molar-refractivity contribution < 1.29 is 14.0 Å². The van der Waals surface area contributed by atoms with Crippen molar-refractivity contribution in [2.75, 3.05) is 13.1 Å². The molecular formula is C24H34N2O3. The van der Waals surface area contributed by atoms with Crippen LogP contribution in [0, 0.1) is 12.8 Å². The van der Waals surface area contributed by atoms with Crippen molar-refractivity contribution in [1.82, 2.24) is 9.80 Å². The highest BCUT2D eigenvalue weighted by molar-refractivity contribution is 5.86. The van der Waals surface area contributed by atoms with Gasteiger partial charge in [-0.3, -0.25) is 9.59 Å². The number of benzene rings is 1. The zero-order valence-electron chi connectivity index (χ0n) is 18.4. The van der Waals surface area contributed by atoms with E-state index in [1.54, 1.807) is 9.80 Å². The zero-order chi connectivity index (χ0) is 21.4. The standard InChI is InChI=1S/C24H34N2O3/c1-6-19(4)26(24(28)18(2)3)17-23(27)25(16-22-13-12-20(5)29-22)15-14-21-10-8-7-9-11-21/h7-13,18-19H,6,14-17H2,1-5H3. The first-order chi connectivity index (χ1) is 13.8. The van der Waals surface area contributed by atoms with Crippen LogP contribution in [0.25, 0.3) is 0 Å². The summed E-state index contributed by atoms with van der Waals surface area (Å²) in [6.07, 6.45) is 1.57. The van der Waals surface area contributed by atoms with Crippen molar-refractivity contribution >= 4 is 11.8 Å². The summed E-state index contributed by atoms with van der Waals surface area (Å²) in [6, 6.07) is 14.0. The van der Waals surface area contributed by atoms with Gasteiger partial charge in [-0.15, -0.1) is 0 Å². The lowest BCUT2D eigenvalue weighted by Crippen LogP contribution is -2.48. The van der Waals surface area contributed by atoms with Gasteiger partial charge in [-0.25, -0.2) is 0 Å². The number of hydrogen-bond donors (Lipinski definition) is 0. The Kier molecular flexibility index (Phi) is 8.50. The summed E-state index contributed by atoms with van der Waals surface area (Å²) in [5.74, 6) is 1.41. The molecule has 5 heteroatoms. The SMILES string of the molecule is CCC(C)N(CC(=O)N(CCc1ccccc1)Cc1ccc(C)o1)C(=O)C(C)C. The number of carbonyl (C=O) groups excluding carboxylic acids is 2. The normalized spacial score (nSPS) is 12.1. The Balaban J connectivity index is 2.15. The van der Waals surface area contributed by atoms with E-state index >= 15 is 0 Å². The van der Waals surface area contributed by atoms with Gasteiger partial charge in [0.15, 0.2) is 0 Å². The van der Waals surface area contributed by atoms with Gasteiger partial charge >= 0.3 is 0 Å². The average Bonchev–Trinajstić information content (AvgIpc) is 3.13. The number of furan rings is 1. The summed E-state index contributed by atoms with van der Waals surface area (Å²) >= 11 is 0. The van der Waals surface area contributed by atoms with Crippen molar-refractivity contribution in [2.45, 2.75) is 60.0 Å². The second-order valence-corrected chi connectivity index (χ2v) is 7.94. The van der Waals surface area contributed by atoms with Gasteiger partial charge in [-0.2, -0.15) is 0 Å². The maximum absolute atomic E-state index is 13.2. The van der Waals surface area contributed by atoms with Crippen molar-refractivity contribution in [3.8, 4) is 0 Å². The average molecular weight is 399 g/mol. The molecule has 1 unspecified atom stereocenters. The van der Waals surface area contributed by atoms with Gasteiger partial charge in [-0.05, 0) is 44.4 Å². The van der Waals surface area contributed by atoms with Gasteiger partial charge in [0.2, 0.25) is 11.8 Å². The highest BCUT2D eigenvalue weighted by atomic mass is 16.3. The first-order valence-electron chi connectivity index (χ1n) is 10.5. The summed E-state index contributed by atoms with van der Waals surface area (Å²) in [7, 11) is 0. The fourth-order valence-corrected chi connectivity index (χ4v) is 3.21. The third kappa shape index (κ3) is 6.77. The van der Waals surface area contributed by atoms with Crippen LogP contribution in [-0.2, 0) is 22.6 Å². The van der Waals surface area contributed by atoms with Crippen molar-refractivity contribution in [3.05, 3.63) is 59.5 Å². The van der Waals surface area contributed by atoms with E-state index in [4.69, 9.17) is 4.42 Å². The molecule has 1 aromatic heterocycles. The Morgan fingerprint density at radius 3 is 2.28 bits per heavy atom. The molecule has 0 aliphatic heterocycles. The summed E-state index contributed by atoms with van der Waals surface area (Å²) in [5.41, 5.74) is 1.18. The number of aryl methyl sites for hydroxylation is 1. The quantitative estimate of drug-likeness (QED) is 0.594. The van der Waals surface area contributed by atoms with Gasteiger partial charge in [0.1, 0.15) is 18.1 Å².